The van der Waals surface area contributed by atoms with E-state index in [-0.39, 0.29) is 0 Å². The van der Waals surface area contributed by atoms with E-state index in [2.05, 4.69) is 9.97 Å². The van der Waals surface area contributed by atoms with Crippen LogP contribution in [-0.2, 0) is 0 Å². The molecule has 0 unspecified atom stereocenters. The van der Waals surface area contributed by atoms with E-state index in [1.54, 1.807) is 35.2 Å². The number of hydrogen-bond donors (Lipinski definition) is 0. The van der Waals surface area contributed by atoms with Gasteiger partial charge in [0.15, 0.2) is 0 Å². The zero-order valence-corrected chi connectivity index (χ0v) is 9.22. The number of rotatable bonds is 2. The Labute approximate surface area is 94.1 Å². The summed E-state index contributed by atoms with van der Waals surface area (Å²) in [5.41, 5.74) is 4.69. The van der Waals surface area contributed by atoms with Gasteiger partial charge in [-0.1, -0.05) is 0 Å². The van der Waals surface area contributed by atoms with Gasteiger partial charge in [-0.2, -0.15) is 0 Å². The number of thiazole rings is 2. The number of aromatic nitrogens is 2. The fourth-order valence-electron chi connectivity index (χ4n) is 1.25. The highest BCUT2D eigenvalue weighted by Crippen LogP contribution is 2.28. The van der Waals surface area contributed by atoms with Crippen LogP contribution in [-0.4, -0.2) is 9.97 Å². The number of nitrogens with zero attached hydrogens (tertiary/aromatic N) is 2. The molecule has 3 heterocycles. The lowest BCUT2D eigenvalue weighted by Gasteiger charge is -1.87. The molecule has 0 fully saturated rings. The molecule has 0 spiro atoms. The Balaban J connectivity index is 2.02. The highest BCUT2D eigenvalue weighted by molar-refractivity contribution is 7.13. The van der Waals surface area contributed by atoms with E-state index < -0.39 is 0 Å². The van der Waals surface area contributed by atoms with Crippen molar-refractivity contribution < 1.29 is 4.42 Å². The van der Waals surface area contributed by atoms with Crippen molar-refractivity contribution in [2.45, 2.75) is 0 Å². The molecule has 3 nitrogen and oxygen atoms in total. The van der Waals surface area contributed by atoms with Crippen LogP contribution in [0.4, 0.5) is 0 Å². The molecule has 0 amide bonds. The second-order valence-electron chi connectivity index (χ2n) is 2.92. The van der Waals surface area contributed by atoms with Crippen LogP contribution >= 0.6 is 22.7 Å². The van der Waals surface area contributed by atoms with Gasteiger partial charge in [-0.3, -0.25) is 0 Å². The average molecular weight is 234 g/mol. The summed E-state index contributed by atoms with van der Waals surface area (Å²) in [6, 6.07) is 1.91. The van der Waals surface area contributed by atoms with E-state index in [0.717, 1.165) is 22.0 Å². The minimum Gasteiger partial charge on any atom is -0.472 e. The van der Waals surface area contributed by atoms with Crippen molar-refractivity contribution in [2.24, 2.45) is 0 Å². The second kappa shape index (κ2) is 3.60. The molecule has 5 heteroatoms. The summed E-state index contributed by atoms with van der Waals surface area (Å²) in [5.74, 6) is 0. The molecule has 0 saturated carbocycles. The van der Waals surface area contributed by atoms with E-state index in [1.807, 2.05) is 22.3 Å². The van der Waals surface area contributed by atoms with Crippen LogP contribution in [0.2, 0.25) is 0 Å². The number of furan rings is 1. The van der Waals surface area contributed by atoms with Crippen molar-refractivity contribution in [3.05, 3.63) is 34.9 Å². The van der Waals surface area contributed by atoms with Crippen molar-refractivity contribution in [2.75, 3.05) is 0 Å². The molecule has 0 N–H and O–H groups in total. The summed E-state index contributed by atoms with van der Waals surface area (Å²) in [7, 11) is 0. The summed E-state index contributed by atoms with van der Waals surface area (Å²) < 4.78 is 5.02. The van der Waals surface area contributed by atoms with Crippen LogP contribution < -0.4 is 0 Å². The maximum absolute atomic E-state index is 5.02. The molecule has 15 heavy (non-hydrogen) atoms. The molecule has 0 aromatic carbocycles. The van der Waals surface area contributed by atoms with Gasteiger partial charge in [0.25, 0.3) is 0 Å². The third-order valence-electron chi connectivity index (χ3n) is 1.97. The molecule has 0 atom stereocenters. The van der Waals surface area contributed by atoms with Crippen LogP contribution in [0.5, 0.6) is 0 Å². The monoisotopic (exact) mass is 234 g/mol. The molecule has 3 aromatic heterocycles. The van der Waals surface area contributed by atoms with Gasteiger partial charge in [0, 0.05) is 16.3 Å². The van der Waals surface area contributed by atoms with Crippen molar-refractivity contribution in [3.8, 4) is 22.0 Å². The standard InChI is InChI=1S/C10H6N2OS2/c1-2-13-3-7(1)10-12-9(5-15-10)8-4-14-6-11-8/h1-6H. The highest BCUT2D eigenvalue weighted by Gasteiger charge is 2.08. The Bertz CT molecular complexity index is 491. The zero-order valence-electron chi connectivity index (χ0n) is 7.58. The summed E-state index contributed by atoms with van der Waals surface area (Å²) in [4.78, 5) is 8.72. The first-order valence-electron chi connectivity index (χ1n) is 4.30. The summed E-state index contributed by atoms with van der Waals surface area (Å²) in [5, 5.41) is 4.97. The van der Waals surface area contributed by atoms with Crippen molar-refractivity contribution in [1.82, 2.24) is 9.97 Å². The molecule has 0 bridgehead atoms. The van der Waals surface area contributed by atoms with Crippen LogP contribution in [0.15, 0.2) is 39.3 Å². The first-order valence-corrected chi connectivity index (χ1v) is 6.12. The van der Waals surface area contributed by atoms with E-state index >= 15 is 0 Å². The Morgan fingerprint density at radius 2 is 2.20 bits per heavy atom. The lowest BCUT2D eigenvalue weighted by molar-refractivity contribution is 0.568. The summed E-state index contributed by atoms with van der Waals surface area (Å²) >= 11 is 3.18. The van der Waals surface area contributed by atoms with E-state index in [9.17, 15) is 0 Å². The Morgan fingerprint density at radius 1 is 1.20 bits per heavy atom. The molecule has 3 rings (SSSR count). The van der Waals surface area contributed by atoms with Gasteiger partial charge in [-0.05, 0) is 6.07 Å². The third-order valence-corrected chi connectivity index (χ3v) is 3.44. The predicted molar refractivity (Wildman–Crippen MR) is 60.9 cm³/mol. The molecular weight excluding hydrogens is 228 g/mol. The van der Waals surface area contributed by atoms with Crippen molar-refractivity contribution in [3.63, 3.8) is 0 Å². The van der Waals surface area contributed by atoms with Crippen LogP contribution in [0, 0.1) is 0 Å². The molecule has 74 valence electrons. The molecule has 0 aliphatic heterocycles. The van der Waals surface area contributed by atoms with Gasteiger partial charge in [0.2, 0.25) is 0 Å². The number of hydrogen-bond acceptors (Lipinski definition) is 5. The minimum absolute atomic E-state index is 0.928. The Hall–Kier alpha value is -1.46. The molecule has 0 aliphatic carbocycles. The fourth-order valence-corrected chi connectivity index (χ4v) is 2.59. The molecule has 0 saturated heterocycles. The smallest absolute Gasteiger partial charge is 0.127 e. The topological polar surface area (TPSA) is 38.9 Å². The van der Waals surface area contributed by atoms with Crippen LogP contribution in [0.1, 0.15) is 0 Å². The lowest BCUT2D eigenvalue weighted by Crippen LogP contribution is -1.76. The maximum Gasteiger partial charge on any atom is 0.127 e. The average Bonchev–Trinajstić information content (AvgIpc) is 3.02. The Kier molecular flexibility index (Phi) is 2.12. The van der Waals surface area contributed by atoms with Crippen LogP contribution in [0.25, 0.3) is 22.0 Å². The van der Waals surface area contributed by atoms with E-state index in [1.165, 1.54) is 0 Å². The first kappa shape index (κ1) is 8.82. The normalized spacial score (nSPS) is 10.7. The van der Waals surface area contributed by atoms with E-state index in [0.29, 0.717) is 0 Å². The second-order valence-corrected chi connectivity index (χ2v) is 4.50. The molecule has 3 aromatic rings. The quantitative estimate of drug-likeness (QED) is 0.681. The van der Waals surface area contributed by atoms with Crippen molar-refractivity contribution in [1.29, 1.82) is 0 Å². The Morgan fingerprint density at radius 3 is 2.93 bits per heavy atom. The van der Waals surface area contributed by atoms with Gasteiger partial charge in [-0.25, -0.2) is 9.97 Å². The van der Waals surface area contributed by atoms with Crippen molar-refractivity contribution >= 4 is 22.7 Å². The maximum atomic E-state index is 5.02. The largest absolute Gasteiger partial charge is 0.472 e. The minimum atomic E-state index is 0.928. The lowest BCUT2D eigenvalue weighted by atomic mass is 10.3. The third kappa shape index (κ3) is 1.60. The van der Waals surface area contributed by atoms with Gasteiger partial charge in [0.05, 0.1) is 11.8 Å². The summed E-state index contributed by atoms with van der Waals surface area (Å²) in [6.07, 6.45) is 3.35. The summed E-state index contributed by atoms with van der Waals surface area (Å²) in [6.45, 7) is 0. The molecular formula is C10H6N2OS2. The van der Waals surface area contributed by atoms with E-state index in [4.69, 9.17) is 4.42 Å². The van der Waals surface area contributed by atoms with Crippen LogP contribution in [0.3, 0.4) is 0 Å². The fraction of sp³-hybridized carbons (Fsp3) is 0. The highest BCUT2D eigenvalue weighted by atomic mass is 32.1. The van der Waals surface area contributed by atoms with Gasteiger partial charge in [0.1, 0.15) is 22.7 Å². The first-order chi connectivity index (χ1) is 7.43. The molecule has 0 aliphatic rings. The van der Waals surface area contributed by atoms with Gasteiger partial charge >= 0.3 is 0 Å². The molecule has 0 radical (unpaired) electrons. The SMILES string of the molecule is c1cc(-c2nc(-c3cscn3)cs2)co1. The zero-order chi connectivity index (χ0) is 10.1. The van der Waals surface area contributed by atoms with Gasteiger partial charge < -0.3 is 4.42 Å². The predicted octanol–water partition coefficient (Wildman–Crippen LogP) is 3.53. The van der Waals surface area contributed by atoms with Gasteiger partial charge in [-0.15, -0.1) is 22.7 Å².